The van der Waals surface area contributed by atoms with E-state index in [9.17, 15) is 18.6 Å². The molecule has 7 heteroatoms. The van der Waals surface area contributed by atoms with Crippen LogP contribution >= 0.6 is 12.4 Å². The standard InChI is InChI=1S/C10H15NO4S.ClH/c1-9(11,16(2,14)15)10(12,13)8-6-4-3-5-7-8;/h3-7,12-13H,11H2,1-2H3;1H. The van der Waals surface area contributed by atoms with Gasteiger partial charge in [-0.1, -0.05) is 30.3 Å². The third kappa shape index (κ3) is 2.78. The lowest BCUT2D eigenvalue weighted by molar-refractivity contribution is -0.193. The lowest BCUT2D eigenvalue weighted by Gasteiger charge is -2.36. The largest absolute Gasteiger partial charge is 0.360 e. The molecule has 0 bridgehead atoms. The Labute approximate surface area is 107 Å². The van der Waals surface area contributed by atoms with Gasteiger partial charge in [0.15, 0.2) is 14.7 Å². The molecule has 0 fully saturated rings. The Morgan fingerprint density at radius 2 is 1.59 bits per heavy atom. The monoisotopic (exact) mass is 281 g/mol. The Balaban J connectivity index is 0.00000256. The molecule has 1 rings (SSSR count). The van der Waals surface area contributed by atoms with Crippen LogP contribution in [-0.2, 0) is 15.6 Å². The van der Waals surface area contributed by atoms with Gasteiger partial charge in [0.05, 0.1) is 0 Å². The zero-order chi connectivity index (χ0) is 12.6. The summed E-state index contributed by atoms with van der Waals surface area (Å²) < 4.78 is 22.9. The van der Waals surface area contributed by atoms with Crippen LogP contribution in [0.25, 0.3) is 0 Å². The van der Waals surface area contributed by atoms with Gasteiger partial charge in [-0.05, 0) is 6.92 Å². The van der Waals surface area contributed by atoms with E-state index in [1.807, 2.05) is 0 Å². The van der Waals surface area contributed by atoms with Crippen LogP contribution in [-0.4, -0.2) is 29.8 Å². The van der Waals surface area contributed by atoms with Crippen molar-refractivity contribution < 1.29 is 18.6 Å². The van der Waals surface area contributed by atoms with Gasteiger partial charge in [-0.2, -0.15) is 0 Å². The van der Waals surface area contributed by atoms with Crippen molar-refractivity contribution in [1.29, 1.82) is 0 Å². The Morgan fingerprint density at radius 1 is 1.18 bits per heavy atom. The minimum Gasteiger partial charge on any atom is -0.360 e. The van der Waals surface area contributed by atoms with Crippen LogP contribution in [0.2, 0.25) is 0 Å². The number of hydrogen-bond donors (Lipinski definition) is 3. The van der Waals surface area contributed by atoms with E-state index < -0.39 is 20.5 Å². The second-order valence-corrected chi connectivity index (χ2v) is 6.31. The predicted octanol–water partition coefficient (Wildman–Crippen LogP) is -0.0347. The van der Waals surface area contributed by atoms with Crippen LogP contribution in [0.1, 0.15) is 12.5 Å². The molecule has 0 saturated carbocycles. The van der Waals surface area contributed by atoms with E-state index in [1.54, 1.807) is 18.2 Å². The second kappa shape index (κ2) is 4.91. The fourth-order valence-electron chi connectivity index (χ4n) is 1.22. The zero-order valence-corrected chi connectivity index (χ0v) is 11.1. The van der Waals surface area contributed by atoms with Crippen LogP contribution in [0.15, 0.2) is 30.3 Å². The highest BCUT2D eigenvalue weighted by Gasteiger charge is 2.51. The maximum Gasteiger partial charge on any atom is 0.223 e. The number of aliphatic hydroxyl groups is 2. The quantitative estimate of drug-likeness (QED) is 0.675. The van der Waals surface area contributed by atoms with Crippen molar-refractivity contribution in [2.75, 3.05) is 6.26 Å². The molecule has 0 aromatic heterocycles. The molecule has 0 amide bonds. The molecule has 1 aromatic carbocycles. The van der Waals surface area contributed by atoms with Gasteiger partial charge < -0.3 is 15.9 Å². The van der Waals surface area contributed by atoms with Crippen molar-refractivity contribution in [1.82, 2.24) is 0 Å². The zero-order valence-electron chi connectivity index (χ0n) is 9.49. The Morgan fingerprint density at radius 3 is 1.94 bits per heavy atom. The number of nitrogens with two attached hydrogens (primary N) is 1. The van der Waals surface area contributed by atoms with Gasteiger partial charge in [-0.25, -0.2) is 8.42 Å². The van der Waals surface area contributed by atoms with E-state index in [-0.39, 0.29) is 18.0 Å². The van der Waals surface area contributed by atoms with E-state index in [2.05, 4.69) is 0 Å². The van der Waals surface area contributed by atoms with Gasteiger partial charge in [0.2, 0.25) is 5.79 Å². The molecule has 0 radical (unpaired) electrons. The van der Waals surface area contributed by atoms with E-state index in [0.29, 0.717) is 0 Å². The van der Waals surface area contributed by atoms with Crippen molar-refractivity contribution in [2.45, 2.75) is 17.6 Å². The maximum atomic E-state index is 11.4. The van der Waals surface area contributed by atoms with Crippen molar-refractivity contribution in [3.8, 4) is 0 Å². The minimum atomic E-state index is -3.83. The fraction of sp³-hybridized carbons (Fsp3) is 0.400. The number of hydrogen-bond acceptors (Lipinski definition) is 5. The molecule has 0 heterocycles. The predicted molar refractivity (Wildman–Crippen MR) is 67.2 cm³/mol. The first-order valence-electron chi connectivity index (χ1n) is 4.59. The molecule has 0 saturated heterocycles. The minimum absolute atomic E-state index is 0. The fourth-order valence-corrected chi connectivity index (χ4v) is 1.85. The normalized spacial score (nSPS) is 15.8. The Kier molecular flexibility index (Phi) is 4.72. The molecule has 98 valence electrons. The van der Waals surface area contributed by atoms with Crippen LogP contribution in [0, 0.1) is 0 Å². The Bertz CT molecular complexity index is 470. The first-order valence-corrected chi connectivity index (χ1v) is 6.48. The molecule has 1 unspecified atom stereocenters. The summed E-state index contributed by atoms with van der Waals surface area (Å²) in [7, 11) is -3.83. The van der Waals surface area contributed by atoms with Gasteiger partial charge >= 0.3 is 0 Å². The third-order valence-corrected chi connectivity index (χ3v) is 4.46. The van der Waals surface area contributed by atoms with Crippen LogP contribution < -0.4 is 5.73 Å². The van der Waals surface area contributed by atoms with Gasteiger partial charge in [0.25, 0.3) is 0 Å². The van der Waals surface area contributed by atoms with Gasteiger partial charge in [0, 0.05) is 11.8 Å². The second-order valence-electron chi connectivity index (χ2n) is 3.92. The van der Waals surface area contributed by atoms with Gasteiger partial charge in [-0.3, -0.25) is 0 Å². The molecule has 0 spiro atoms. The number of rotatable bonds is 3. The van der Waals surface area contributed by atoms with E-state index in [0.717, 1.165) is 13.2 Å². The van der Waals surface area contributed by atoms with Crippen LogP contribution in [0.5, 0.6) is 0 Å². The molecule has 17 heavy (non-hydrogen) atoms. The highest BCUT2D eigenvalue weighted by atomic mass is 35.5. The molecule has 0 aliphatic carbocycles. The van der Waals surface area contributed by atoms with E-state index >= 15 is 0 Å². The summed E-state index contributed by atoms with van der Waals surface area (Å²) >= 11 is 0. The van der Waals surface area contributed by atoms with Crippen molar-refractivity contribution in [3.05, 3.63) is 35.9 Å². The highest BCUT2D eigenvalue weighted by Crippen LogP contribution is 2.31. The van der Waals surface area contributed by atoms with Crippen LogP contribution in [0.4, 0.5) is 0 Å². The summed E-state index contributed by atoms with van der Waals surface area (Å²) in [6.07, 6.45) is 0.858. The molecule has 0 aliphatic heterocycles. The first kappa shape index (κ1) is 16.3. The highest BCUT2D eigenvalue weighted by molar-refractivity contribution is 7.92. The third-order valence-electron chi connectivity index (χ3n) is 2.64. The molecular formula is C10H16ClNO4S. The summed E-state index contributed by atoms with van der Waals surface area (Å²) in [6, 6.07) is 7.60. The lowest BCUT2D eigenvalue weighted by Crippen LogP contribution is -2.61. The maximum absolute atomic E-state index is 11.4. The number of benzene rings is 1. The number of sulfone groups is 1. The lowest BCUT2D eigenvalue weighted by atomic mass is 9.99. The summed E-state index contributed by atoms with van der Waals surface area (Å²) in [5.41, 5.74) is 5.55. The van der Waals surface area contributed by atoms with Gasteiger partial charge in [0.1, 0.15) is 0 Å². The van der Waals surface area contributed by atoms with Crippen LogP contribution in [0.3, 0.4) is 0 Å². The molecular weight excluding hydrogens is 266 g/mol. The average Bonchev–Trinajstić information content (AvgIpc) is 2.17. The average molecular weight is 282 g/mol. The topological polar surface area (TPSA) is 101 Å². The van der Waals surface area contributed by atoms with E-state index in [1.165, 1.54) is 12.1 Å². The first-order chi connectivity index (χ1) is 7.11. The Hall–Kier alpha value is -0.660. The molecule has 4 N–H and O–H groups in total. The molecule has 1 aromatic rings. The molecule has 1 atom stereocenters. The van der Waals surface area contributed by atoms with Crippen molar-refractivity contribution in [3.63, 3.8) is 0 Å². The van der Waals surface area contributed by atoms with Crippen molar-refractivity contribution >= 4 is 22.2 Å². The van der Waals surface area contributed by atoms with Crippen molar-refractivity contribution in [2.24, 2.45) is 5.73 Å². The SMILES string of the molecule is CC(N)(C(O)(O)c1ccccc1)S(C)(=O)=O.Cl. The summed E-state index contributed by atoms with van der Waals surface area (Å²) in [6.45, 7) is 1.06. The molecule has 0 aliphatic rings. The summed E-state index contributed by atoms with van der Waals surface area (Å²) in [5, 5.41) is 19.8. The smallest absolute Gasteiger partial charge is 0.223 e. The summed E-state index contributed by atoms with van der Waals surface area (Å²) in [5.74, 6) is -2.64. The van der Waals surface area contributed by atoms with Gasteiger partial charge in [-0.15, -0.1) is 12.4 Å². The summed E-state index contributed by atoms with van der Waals surface area (Å²) in [4.78, 5) is -2.18. The van der Waals surface area contributed by atoms with E-state index in [4.69, 9.17) is 5.73 Å². The molecule has 5 nitrogen and oxygen atoms in total. The number of halogens is 1.